The number of amides is 1. The fraction of sp³-hybridized carbons (Fsp3) is 0.550. The molecule has 5 heteroatoms. The van der Waals surface area contributed by atoms with E-state index in [1.165, 1.54) is 11.1 Å². The molecule has 25 heavy (non-hydrogen) atoms. The van der Waals surface area contributed by atoms with Crippen molar-refractivity contribution in [2.45, 2.75) is 51.6 Å². The molecule has 1 saturated heterocycles. The predicted molar refractivity (Wildman–Crippen MR) is 96.8 cm³/mol. The molecule has 136 valence electrons. The topological polar surface area (TPSA) is 71.7 Å². The SMILES string of the molecule is Cc1cc2occ(CC(=O)NCC3(O)CCOCC3)c2cc1C(C)C. The second-order valence-electron chi connectivity index (χ2n) is 7.41. The van der Waals surface area contributed by atoms with Gasteiger partial charge in [-0.2, -0.15) is 0 Å². The average Bonchev–Trinajstić information content (AvgIpc) is 2.94. The van der Waals surface area contributed by atoms with Crippen LogP contribution in [0, 0.1) is 6.92 Å². The molecule has 0 aliphatic carbocycles. The summed E-state index contributed by atoms with van der Waals surface area (Å²) in [6.45, 7) is 7.75. The molecule has 3 rings (SSSR count). The van der Waals surface area contributed by atoms with E-state index in [0.29, 0.717) is 32.0 Å². The van der Waals surface area contributed by atoms with Gasteiger partial charge in [-0.05, 0) is 36.1 Å². The van der Waals surface area contributed by atoms with Gasteiger partial charge in [0.05, 0.1) is 18.3 Å². The highest BCUT2D eigenvalue weighted by molar-refractivity contribution is 5.88. The van der Waals surface area contributed by atoms with Gasteiger partial charge in [-0.3, -0.25) is 4.79 Å². The summed E-state index contributed by atoms with van der Waals surface area (Å²) in [5.41, 5.74) is 3.32. The number of furan rings is 1. The third-order valence-corrected chi connectivity index (χ3v) is 5.05. The van der Waals surface area contributed by atoms with Crippen molar-refractivity contribution in [3.8, 4) is 0 Å². The highest BCUT2D eigenvalue weighted by Gasteiger charge is 2.30. The van der Waals surface area contributed by atoms with Crippen LogP contribution in [0.5, 0.6) is 0 Å². The third kappa shape index (κ3) is 4.05. The molecule has 0 atom stereocenters. The molecule has 2 aromatic rings. The van der Waals surface area contributed by atoms with E-state index in [-0.39, 0.29) is 18.9 Å². The molecule has 1 aromatic heterocycles. The number of hydrogen-bond acceptors (Lipinski definition) is 4. The van der Waals surface area contributed by atoms with Crippen molar-refractivity contribution in [3.63, 3.8) is 0 Å². The Morgan fingerprint density at radius 1 is 1.32 bits per heavy atom. The van der Waals surface area contributed by atoms with Gasteiger partial charge in [0, 0.05) is 43.5 Å². The zero-order valence-corrected chi connectivity index (χ0v) is 15.2. The van der Waals surface area contributed by atoms with Gasteiger partial charge >= 0.3 is 0 Å². The molecule has 0 radical (unpaired) electrons. The van der Waals surface area contributed by atoms with Crippen LogP contribution < -0.4 is 5.32 Å². The molecular formula is C20H27NO4. The summed E-state index contributed by atoms with van der Waals surface area (Å²) in [4.78, 5) is 12.3. The Kier molecular flexibility index (Phi) is 5.16. The Hall–Kier alpha value is -1.85. The van der Waals surface area contributed by atoms with Crippen LogP contribution in [0.4, 0.5) is 0 Å². The number of rotatable bonds is 5. The Bertz CT molecular complexity index is 756. The van der Waals surface area contributed by atoms with E-state index in [9.17, 15) is 9.90 Å². The van der Waals surface area contributed by atoms with Gasteiger partial charge in [0.2, 0.25) is 5.91 Å². The molecule has 2 heterocycles. The van der Waals surface area contributed by atoms with Crippen LogP contribution in [-0.2, 0) is 16.0 Å². The van der Waals surface area contributed by atoms with E-state index < -0.39 is 5.60 Å². The fourth-order valence-corrected chi connectivity index (χ4v) is 3.43. The zero-order chi connectivity index (χ0) is 18.0. The minimum absolute atomic E-state index is 0.103. The first-order valence-corrected chi connectivity index (χ1v) is 8.95. The maximum atomic E-state index is 12.3. The van der Waals surface area contributed by atoms with Crippen LogP contribution in [0.2, 0.25) is 0 Å². The van der Waals surface area contributed by atoms with Crippen molar-refractivity contribution in [1.29, 1.82) is 0 Å². The van der Waals surface area contributed by atoms with E-state index in [0.717, 1.165) is 16.5 Å². The Balaban J connectivity index is 1.69. The number of aliphatic hydroxyl groups is 1. The third-order valence-electron chi connectivity index (χ3n) is 5.05. The lowest BCUT2D eigenvalue weighted by Gasteiger charge is -2.32. The number of carbonyl (C=O) groups is 1. The van der Waals surface area contributed by atoms with Crippen molar-refractivity contribution in [1.82, 2.24) is 5.32 Å². The molecule has 5 nitrogen and oxygen atoms in total. The molecule has 0 bridgehead atoms. The highest BCUT2D eigenvalue weighted by atomic mass is 16.5. The van der Waals surface area contributed by atoms with Gasteiger partial charge in [-0.15, -0.1) is 0 Å². The molecule has 1 aliphatic rings. The number of benzene rings is 1. The summed E-state index contributed by atoms with van der Waals surface area (Å²) in [6.07, 6.45) is 3.02. The standard InChI is InChI=1S/C20H27NO4/c1-13(2)16-10-17-15(11-25-18(17)8-14(16)3)9-19(22)21-12-20(23)4-6-24-7-5-20/h8,10-11,13,23H,4-7,9,12H2,1-3H3,(H,21,22). The smallest absolute Gasteiger partial charge is 0.224 e. The Labute approximate surface area is 148 Å². The summed E-state index contributed by atoms with van der Waals surface area (Å²) >= 11 is 0. The fourth-order valence-electron chi connectivity index (χ4n) is 3.43. The maximum absolute atomic E-state index is 12.3. The minimum atomic E-state index is -0.853. The van der Waals surface area contributed by atoms with Crippen molar-refractivity contribution < 1.29 is 19.1 Å². The van der Waals surface area contributed by atoms with Crippen molar-refractivity contribution in [3.05, 3.63) is 35.1 Å². The van der Waals surface area contributed by atoms with Crippen LogP contribution in [0.15, 0.2) is 22.8 Å². The first-order chi connectivity index (χ1) is 11.9. The lowest BCUT2D eigenvalue weighted by atomic mass is 9.94. The molecule has 1 fully saturated rings. The summed E-state index contributed by atoms with van der Waals surface area (Å²) < 4.78 is 10.9. The molecule has 2 N–H and O–H groups in total. The lowest BCUT2D eigenvalue weighted by Crippen LogP contribution is -2.46. The van der Waals surface area contributed by atoms with Crippen LogP contribution in [0.3, 0.4) is 0 Å². The molecule has 0 spiro atoms. The van der Waals surface area contributed by atoms with Gasteiger partial charge < -0.3 is 19.6 Å². The molecular weight excluding hydrogens is 318 g/mol. The van der Waals surface area contributed by atoms with Crippen LogP contribution >= 0.6 is 0 Å². The van der Waals surface area contributed by atoms with E-state index >= 15 is 0 Å². The number of nitrogens with one attached hydrogen (secondary N) is 1. The molecule has 1 aromatic carbocycles. The minimum Gasteiger partial charge on any atom is -0.464 e. The number of aryl methyl sites for hydroxylation is 1. The maximum Gasteiger partial charge on any atom is 0.224 e. The molecule has 0 unspecified atom stereocenters. The second-order valence-corrected chi connectivity index (χ2v) is 7.41. The molecule has 0 saturated carbocycles. The van der Waals surface area contributed by atoms with Crippen molar-refractivity contribution in [2.24, 2.45) is 0 Å². The quantitative estimate of drug-likeness (QED) is 0.874. The Morgan fingerprint density at radius 3 is 2.72 bits per heavy atom. The normalized spacial score (nSPS) is 17.2. The van der Waals surface area contributed by atoms with Crippen LogP contribution in [0.1, 0.15) is 49.3 Å². The van der Waals surface area contributed by atoms with E-state index in [1.807, 2.05) is 6.07 Å². The van der Waals surface area contributed by atoms with Gasteiger partial charge in [-0.1, -0.05) is 13.8 Å². The van der Waals surface area contributed by atoms with Gasteiger partial charge in [0.1, 0.15) is 5.58 Å². The lowest BCUT2D eigenvalue weighted by molar-refractivity contribution is -0.123. The molecule has 1 aliphatic heterocycles. The molecule has 1 amide bonds. The van der Waals surface area contributed by atoms with E-state index in [1.54, 1.807) is 6.26 Å². The monoisotopic (exact) mass is 345 g/mol. The van der Waals surface area contributed by atoms with E-state index in [2.05, 4.69) is 32.2 Å². The largest absolute Gasteiger partial charge is 0.464 e. The van der Waals surface area contributed by atoms with Gasteiger partial charge in [0.25, 0.3) is 0 Å². The summed E-state index contributed by atoms with van der Waals surface area (Å²) in [6, 6.07) is 4.17. The van der Waals surface area contributed by atoms with Crippen molar-refractivity contribution >= 4 is 16.9 Å². The zero-order valence-electron chi connectivity index (χ0n) is 15.2. The number of hydrogen-bond donors (Lipinski definition) is 2. The predicted octanol–water partition coefficient (Wildman–Crippen LogP) is 3.06. The summed E-state index contributed by atoms with van der Waals surface area (Å²) in [7, 11) is 0. The van der Waals surface area contributed by atoms with Crippen LogP contribution in [0.25, 0.3) is 11.0 Å². The van der Waals surface area contributed by atoms with Crippen molar-refractivity contribution in [2.75, 3.05) is 19.8 Å². The van der Waals surface area contributed by atoms with Gasteiger partial charge in [0.15, 0.2) is 0 Å². The first kappa shape index (κ1) is 18.0. The van der Waals surface area contributed by atoms with E-state index in [4.69, 9.17) is 9.15 Å². The number of carbonyl (C=O) groups excluding carboxylic acids is 1. The summed E-state index contributed by atoms with van der Waals surface area (Å²) in [5, 5.41) is 14.3. The first-order valence-electron chi connectivity index (χ1n) is 8.95. The highest BCUT2D eigenvalue weighted by Crippen LogP contribution is 2.29. The second kappa shape index (κ2) is 7.18. The number of fused-ring (bicyclic) bond motifs is 1. The number of ether oxygens (including phenoxy) is 1. The Morgan fingerprint density at radius 2 is 2.04 bits per heavy atom. The van der Waals surface area contributed by atoms with Crippen LogP contribution in [-0.4, -0.2) is 36.4 Å². The summed E-state index contributed by atoms with van der Waals surface area (Å²) in [5.74, 6) is 0.318. The van der Waals surface area contributed by atoms with Gasteiger partial charge in [-0.25, -0.2) is 0 Å². The average molecular weight is 345 g/mol.